The van der Waals surface area contributed by atoms with Gasteiger partial charge in [-0.25, -0.2) is 8.57 Å². The minimum Gasteiger partial charge on any atom is -0.349 e. The van der Waals surface area contributed by atoms with Gasteiger partial charge in [-0.2, -0.15) is 38.4 Å². The maximum atomic E-state index is 14.7. The van der Waals surface area contributed by atoms with E-state index in [1.165, 1.54) is 32.9 Å². The van der Waals surface area contributed by atoms with Gasteiger partial charge in [0.25, 0.3) is 11.8 Å². The third-order valence-electron chi connectivity index (χ3n) is 5.36. The number of halogens is 8. The van der Waals surface area contributed by atoms with Crippen molar-refractivity contribution in [2.24, 2.45) is 0 Å². The Kier molecular flexibility index (Phi) is 11.5. The van der Waals surface area contributed by atoms with Crippen LogP contribution in [0.15, 0.2) is 40.9 Å². The van der Waals surface area contributed by atoms with Crippen molar-refractivity contribution in [1.82, 2.24) is 5.32 Å². The van der Waals surface area contributed by atoms with Crippen LogP contribution in [0.3, 0.4) is 0 Å². The highest BCUT2D eigenvalue weighted by Gasteiger charge is 2.74. The van der Waals surface area contributed by atoms with Crippen LogP contribution in [0.4, 0.5) is 36.4 Å². The Morgan fingerprint density at radius 1 is 0.952 bits per heavy atom. The first kappa shape index (κ1) is 35.8. The van der Waals surface area contributed by atoms with Crippen molar-refractivity contribution in [3.8, 4) is 0 Å². The number of anilines is 1. The van der Waals surface area contributed by atoms with Gasteiger partial charge in [-0.05, 0) is 67.4 Å². The lowest BCUT2D eigenvalue weighted by atomic mass is 9.89. The average Bonchev–Trinajstić information content (AvgIpc) is 2.82. The highest BCUT2D eigenvalue weighted by molar-refractivity contribution is 9.10. The molecule has 2 aromatic carbocycles. The maximum Gasteiger partial charge on any atom is 0.435 e. The molecule has 0 aliphatic rings. The van der Waals surface area contributed by atoms with Gasteiger partial charge in [0.1, 0.15) is 0 Å². The summed E-state index contributed by atoms with van der Waals surface area (Å²) in [6.07, 6.45) is -13.4. The first-order chi connectivity index (χ1) is 19.1. The molecule has 8 nitrogen and oxygen atoms in total. The van der Waals surface area contributed by atoms with Crippen molar-refractivity contribution < 1.29 is 56.6 Å². The van der Waals surface area contributed by atoms with Crippen molar-refractivity contribution in [2.75, 3.05) is 11.1 Å². The Morgan fingerprint density at radius 3 is 2.07 bits per heavy atom. The molecule has 1 atom stereocenters. The third kappa shape index (κ3) is 8.36. The lowest BCUT2D eigenvalue weighted by Gasteiger charge is -2.32. The zero-order chi connectivity index (χ0) is 32.3. The number of carbonyl (C=O) groups is 2. The molecule has 0 radical (unpaired) electrons. The highest BCUT2D eigenvalue weighted by atomic mass is 79.9. The molecule has 2 rings (SSSR count). The van der Waals surface area contributed by atoms with Crippen LogP contribution in [-0.4, -0.2) is 50.5 Å². The van der Waals surface area contributed by atoms with E-state index >= 15 is 0 Å². The van der Waals surface area contributed by atoms with Gasteiger partial charge in [0.2, 0.25) is 0 Å². The zero-order valence-electron chi connectivity index (χ0n) is 22.1. The fourth-order valence-electron chi connectivity index (χ4n) is 3.52. The first-order valence-electron chi connectivity index (χ1n) is 11.7. The Labute approximate surface area is 249 Å². The third-order valence-corrected chi connectivity index (χ3v) is 8.33. The van der Waals surface area contributed by atoms with Crippen LogP contribution in [0.1, 0.15) is 52.6 Å². The normalized spacial score (nSPS) is 13.6. The van der Waals surface area contributed by atoms with Gasteiger partial charge in [0.15, 0.2) is 0 Å². The second-order valence-corrected chi connectivity index (χ2v) is 12.0. The number of alkyl halides is 7. The summed E-state index contributed by atoms with van der Waals surface area (Å²) in [5.41, 5.74) is -9.49. The number of rotatable bonds is 11. The molecule has 0 bridgehead atoms. The van der Waals surface area contributed by atoms with E-state index in [2.05, 4.69) is 34.4 Å². The standard InChI is InChI=1S/C24H24BrF7N2O6S2/c1-12(2)39-42(37,38)40-41-11-13(3)33-21(36)19-15(7-5-9-17(19)25)20(35)34-18-10-6-8-16(14(18)4)22(26,23(27,28)29)24(30,31)32/h5-10,12-13H,11H2,1-4H3,(H,33,36)(H,34,35). The molecule has 2 aromatic rings. The molecule has 0 aliphatic carbocycles. The predicted molar refractivity (Wildman–Crippen MR) is 144 cm³/mol. The van der Waals surface area contributed by atoms with Crippen LogP contribution in [0, 0.1) is 6.92 Å². The van der Waals surface area contributed by atoms with Gasteiger partial charge >= 0.3 is 28.4 Å². The summed E-state index contributed by atoms with van der Waals surface area (Å²) in [4.78, 5) is 26.1. The lowest BCUT2D eigenvalue weighted by molar-refractivity contribution is -0.348. The molecule has 0 aliphatic heterocycles. The van der Waals surface area contributed by atoms with Gasteiger partial charge in [-0.1, -0.05) is 18.2 Å². The highest BCUT2D eigenvalue weighted by Crippen LogP contribution is 2.54. The summed E-state index contributed by atoms with van der Waals surface area (Å²) in [6, 6.07) is 5.15. The topological polar surface area (TPSA) is 111 Å². The summed E-state index contributed by atoms with van der Waals surface area (Å²) >= 11 is 3.59. The van der Waals surface area contributed by atoms with Gasteiger partial charge in [-0.15, -0.1) is 0 Å². The number of amides is 2. The predicted octanol–water partition coefficient (Wildman–Crippen LogP) is 6.75. The molecule has 0 spiro atoms. The number of carbonyl (C=O) groups excluding carboxylic acids is 2. The largest absolute Gasteiger partial charge is 0.435 e. The smallest absolute Gasteiger partial charge is 0.349 e. The summed E-state index contributed by atoms with van der Waals surface area (Å²) in [5.74, 6) is -2.04. The molecule has 234 valence electrons. The van der Waals surface area contributed by atoms with E-state index < -0.39 is 69.2 Å². The quantitative estimate of drug-likeness (QED) is 0.196. The second kappa shape index (κ2) is 13.5. The SMILES string of the molecule is Cc1c(NC(=O)c2cccc(Br)c2C(=O)NC(C)CSOS(=O)(=O)OC(C)C)cccc1C(F)(C(F)(F)F)C(F)(F)F. The number of hydrogen-bond donors (Lipinski definition) is 2. The van der Waals surface area contributed by atoms with Crippen LogP contribution in [0.2, 0.25) is 0 Å². The van der Waals surface area contributed by atoms with Crippen LogP contribution in [-0.2, 0) is 23.9 Å². The Morgan fingerprint density at radius 2 is 1.52 bits per heavy atom. The molecule has 1 unspecified atom stereocenters. The van der Waals surface area contributed by atoms with Crippen molar-refractivity contribution in [3.63, 3.8) is 0 Å². The minimum atomic E-state index is -6.36. The minimum absolute atomic E-state index is 0.0895. The van der Waals surface area contributed by atoms with Crippen molar-refractivity contribution in [1.29, 1.82) is 0 Å². The molecule has 42 heavy (non-hydrogen) atoms. The Balaban J connectivity index is 2.31. The van der Waals surface area contributed by atoms with Crippen LogP contribution >= 0.6 is 28.0 Å². The molecule has 18 heteroatoms. The van der Waals surface area contributed by atoms with Gasteiger partial charge in [0, 0.05) is 39.6 Å². The van der Waals surface area contributed by atoms with E-state index in [0.717, 1.165) is 19.1 Å². The summed E-state index contributed by atoms with van der Waals surface area (Å²) in [6.45, 7) is 5.20. The summed E-state index contributed by atoms with van der Waals surface area (Å²) < 4.78 is 127. The van der Waals surface area contributed by atoms with E-state index in [4.69, 9.17) is 0 Å². The molecule has 0 saturated heterocycles. The monoisotopic (exact) mass is 712 g/mol. The average molecular weight is 713 g/mol. The van der Waals surface area contributed by atoms with E-state index in [-0.39, 0.29) is 21.4 Å². The van der Waals surface area contributed by atoms with Gasteiger partial charge in [0.05, 0.1) is 17.2 Å². The number of hydrogen-bond acceptors (Lipinski definition) is 7. The fourth-order valence-corrected chi connectivity index (χ4v) is 5.65. The van der Waals surface area contributed by atoms with Crippen LogP contribution in [0.5, 0.6) is 0 Å². The lowest BCUT2D eigenvalue weighted by Crippen LogP contribution is -2.50. The van der Waals surface area contributed by atoms with Crippen LogP contribution < -0.4 is 10.6 Å². The molecule has 0 aromatic heterocycles. The Hall–Kier alpha value is -2.41. The van der Waals surface area contributed by atoms with Crippen molar-refractivity contribution in [3.05, 3.63) is 63.1 Å². The molecule has 2 N–H and O–H groups in total. The zero-order valence-corrected chi connectivity index (χ0v) is 25.3. The molecule has 0 saturated carbocycles. The van der Waals surface area contributed by atoms with Gasteiger partial charge < -0.3 is 10.6 Å². The van der Waals surface area contributed by atoms with Crippen molar-refractivity contribution >= 4 is 55.9 Å². The maximum absolute atomic E-state index is 14.7. The van der Waals surface area contributed by atoms with E-state index in [1.54, 1.807) is 0 Å². The summed E-state index contributed by atoms with van der Waals surface area (Å²) in [7, 11) is -4.30. The number of nitrogens with one attached hydrogen (secondary N) is 2. The molecule has 0 fully saturated rings. The van der Waals surface area contributed by atoms with Crippen LogP contribution in [0.25, 0.3) is 0 Å². The number of benzene rings is 2. The molecular formula is C24H24BrF7N2O6S2. The second-order valence-electron chi connectivity index (χ2n) is 9.03. The van der Waals surface area contributed by atoms with E-state index in [9.17, 15) is 48.7 Å². The molecule has 0 heterocycles. The molecular weight excluding hydrogens is 689 g/mol. The summed E-state index contributed by atoms with van der Waals surface area (Å²) in [5, 5.41) is 4.65. The van der Waals surface area contributed by atoms with Crippen molar-refractivity contribution in [2.45, 2.75) is 57.9 Å². The van der Waals surface area contributed by atoms with Gasteiger partial charge in [-0.3, -0.25) is 9.59 Å². The molecule has 2 amide bonds. The fraction of sp³-hybridized carbons (Fsp3) is 0.417. The Bertz CT molecular complexity index is 1410. The van der Waals surface area contributed by atoms with E-state index in [1.807, 2.05) is 0 Å². The first-order valence-corrected chi connectivity index (χ1v) is 14.7. The van der Waals surface area contributed by atoms with E-state index in [0.29, 0.717) is 24.2 Å².